The Morgan fingerprint density at radius 3 is 2.39 bits per heavy atom. The van der Waals surface area contributed by atoms with Crippen molar-refractivity contribution in [3.8, 4) is 0 Å². The van der Waals surface area contributed by atoms with E-state index in [1.807, 2.05) is 13.8 Å². The minimum Gasteiger partial charge on any atom is -0.462 e. The topological polar surface area (TPSA) is 61.9 Å². The highest BCUT2D eigenvalue weighted by Crippen LogP contribution is 2.33. The van der Waals surface area contributed by atoms with Gasteiger partial charge < -0.3 is 14.5 Å². The predicted molar refractivity (Wildman–Crippen MR) is 92.5 cm³/mol. The van der Waals surface area contributed by atoms with E-state index in [-0.39, 0.29) is 12.0 Å². The first-order valence-corrected chi connectivity index (χ1v) is 8.84. The van der Waals surface area contributed by atoms with Crippen molar-refractivity contribution < 1.29 is 14.3 Å². The number of thiophene rings is 1. The number of hydrogen-bond donors (Lipinski definition) is 1. The molecule has 2 heterocycles. The number of likely N-dealkylation sites (N-methyl/N-ethyl adjacent to an activating group) is 1. The van der Waals surface area contributed by atoms with Gasteiger partial charge in [-0.2, -0.15) is 0 Å². The van der Waals surface area contributed by atoms with Crippen molar-refractivity contribution in [3.05, 3.63) is 16.0 Å². The summed E-state index contributed by atoms with van der Waals surface area (Å²) in [4.78, 5) is 29.7. The molecule has 23 heavy (non-hydrogen) atoms. The van der Waals surface area contributed by atoms with Crippen LogP contribution in [0.15, 0.2) is 0 Å². The molecule has 7 heteroatoms. The summed E-state index contributed by atoms with van der Waals surface area (Å²) in [5, 5.41) is 3.48. The summed E-state index contributed by atoms with van der Waals surface area (Å²) < 4.78 is 5.11. The lowest BCUT2D eigenvalue weighted by molar-refractivity contribution is 0.0527. The van der Waals surface area contributed by atoms with E-state index in [0.29, 0.717) is 30.3 Å². The molecule has 1 aromatic heterocycles. The SMILES string of the molecule is CCOC(=O)c1c(NC(=O)N2CCN(CC)CC2)sc(C)c1C. The maximum Gasteiger partial charge on any atom is 0.341 e. The van der Waals surface area contributed by atoms with Gasteiger partial charge >= 0.3 is 12.0 Å². The monoisotopic (exact) mass is 339 g/mol. The van der Waals surface area contributed by atoms with Gasteiger partial charge in [0.2, 0.25) is 0 Å². The maximum atomic E-state index is 12.5. The van der Waals surface area contributed by atoms with Crippen molar-refractivity contribution in [1.29, 1.82) is 0 Å². The zero-order valence-corrected chi connectivity index (χ0v) is 15.1. The Labute approximate surface area is 141 Å². The zero-order valence-electron chi connectivity index (χ0n) is 14.3. The Balaban J connectivity index is 2.09. The van der Waals surface area contributed by atoms with Gasteiger partial charge in [-0.3, -0.25) is 5.32 Å². The number of anilines is 1. The highest BCUT2D eigenvalue weighted by molar-refractivity contribution is 7.16. The molecule has 0 bridgehead atoms. The van der Waals surface area contributed by atoms with Gasteiger partial charge in [-0.05, 0) is 32.9 Å². The van der Waals surface area contributed by atoms with Gasteiger partial charge in [0.05, 0.1) is 12.2 Å². The molecule has 0 spiro atoms. The van der Waals surface area contributed by atoms with Crippen LogP contribution in [0.25, 0.3) is 0 Å². The minimum atomic E-state index is -0.375. The van der Waals surface area contributed by atoms with E-state index < -0.39 is 0 Å². The molecule has 0 radical (unpaired) electrons. The van der Waals surface area contributed by atoms with Gasteiger partial charge in [0.25, 0.3) is 0 Å². The van der Waals surface area contributed by atoms with Crippen LogP contribution in [0.3, 0.4) is 0 Å². The molecule has 0 atom stereocenters. The molecule has 0 unspecified atom stereocenters. The van der Waals surface area contributed by atoms with E-state index in [2.05, 4.69) is 17.1 Å². The van der Waals surface area contributed by atoms with Gasteiger partial charge in [0.15, 0.2) is 0 Å². The molecule has 1 saturated heterocycles. The van der Waals surface area contributed by atoms with Gasteiger partial charge in [0, 0.05) is 31.1 Å². The second-order valence-electron chi connectivity index (χ2n) is 5.56. The highest BCUT2D eigenvalue weighted by Gasteiger charge is 2.25. The molecule has 1 N–H and O–H groups in total. The molecule has 0 aliphatic carbocycles. The third-order valence-corrected chi connectivity index (χ3v) is 5.31. The standard InChI is InChI=1S/C16H25N3O3S/c1-5-18-7-9-19(10-8-18)16(21)17-14-13(15(20)22-6-2)11(3)12(4)23-14/h5-10H2,1-4H3,(H,17,21). The quantitative estimate of drug-likeness (QED) is 0.857. The van der Waals surface area contributed by atoms with E-state index in [4.69, 9.17) is 4.74 Å². The van der Waals surface area contributed by atoms with Crippen molar-refractivity contribution in [1.82, 2.24) is 9.80 Å². The lowest BCUT2D eigenvalue weighted by Gasteiger charge is -2.33. The number of amides is 2. The van der Waals surface area contributed by atoms with Gasteiger partial charge in [-0.1, -0.05) is 6.92 Å². The van der Waals surface area contributed by atoms with Crippen LogP contribution in [-0.4, -0.2) is 61.1 Å². The molecular formula is C16H25N3O3S. The molecular weight excluding hydrogens is 314 g/mol. The number of ether oxygens (including phenoxy) is 1. The van der Waals surface area contributed by atoms with Crippen LogP contribution in [0.2, 0.25) is 0 Å². The zero-order chi connectivity index (χ0) is 17.0. The number of esters is 1. The number of carbonyl (C=O) groups excluding carboxylic acids is 2. The summed E-state index contributed by atoms with van der Waals surface area (Å²) in [6.45, 7) is 12.2. The third kappa shape index (κ3) is 4.03. The maximum absolute atomic E-state index is 12.5. The van der Waals surface area contributed by atoms with Gasteiger partial charge in [-0.15, -0.1) is 11.3 Å². The Bertz CT molecular complexity index is 577. The van der Waals surface area contributed by atoms with Crippen molar-refractivity contribution >= 4 is 28.3 Å². The summed E-state index contributed by atoms with van der Waals surface area (Å²) in [6.07, 6.45) is 0. The average Bonchev–Trinajstić information content (AvgIpc) is 2.82. The highest BCUT2D eigenvalue weighted by atomic mass is 32.1. The third-order valence-electron chi connectivity index (χ3n) is 4.19. The number of nitrogens with zero attached hydrogens (tertiary/aromatic N) is 2. The van der Waals surface area contributed by atoms with Crippen LogP contribution < -0.4 is 5.32 Å². The fraction of sp³-hybridized carbons (Fsp3) is 0.625. The van der Waals surface area contributed by atoms with Crippen LogP contribution in [0.1, 0.15) is 34.6 Å². The van der Waals surface area contributed by atoms with E-state index >= 15 is 0 Å². The number of aryl methyl sites for hydroxylation is 1. The average molecular weight is 339 g/mol. The fourth-order valence-corrected chi connectivity index (χ4v) is 3.65. The van der Waals surface area contributed by atoms with E-state index in [9.17, 15) is 9.59 Å². The van der Waals surface area contributed by atoms with Gasteiger partial charge in [0.1, 0.15) is 5.00 Å². The van der Waals surface area contributed by atoms with Crippen LogP contribution >= 0.6 is 11.3 Å². The molecule has 6 nitrogen and oxygen atoms in total. The second-order valence-corrected chi connectivity index (χ2v) is 6.78. The predicted octanol–water partition coefficient (Wildman–Crippen LogP) is 2.71. The Hall–Kier alpha value is -1.60. The van der Waals surface area contributed by atoms with Crippen LogP contribution in [0.4, 0.5) is 9.80 Å². The number of hydrogen-bond acceptors (Lipinski definition) is 5. The first-order valence-electron chi connectivity index (χ1n) is 8.03. The van der Waals surface area contributed by atoms with Crippen molar-refractivity contribution in [2.75, 3.05) is 44.6 Å². The molecule has 1 aromatic rings. The first kappa shape index (κ1) is 17.7. The van der Waals surface area contributed by atoms with Crippen molar-refractivity contribution in [2.45, 2.75) is 27.7 Å². The molecule has 2 rings (SSSR count). The first-order chi connectivity index (χ1) is 11.0. The fourth-order valence-electron chi connectivity index (χ4n) is 2.61. The number of piperazine rings is 1. The number of carbonyl (C=O) groups is 2. The second kappa shape index (κ2) is 7.79. The number of nitrogens with one attached hydrogen (secondary N) is 1. The number of rotatable bonds is 4. The summed E-state index contributed by atoms with van der Waals surface area (Å²) in [7, 11) is 0. The molecule has 0 aromatic carbocycles. The van der Waals surface area contributed by atoms with Crippen LogP contribution in [0.5, 0.6) is 0 Å². The largest absolute Gasteiger partial charge is 0.462 e. The Morgan fingerprint density at radius 2 is 1.83 bits per heavy atom. The van der Waals surface area contributed by atoms with E-state index in [1.165, 1.54) is 11.3 Å². The molecule has 1 aliphatic heterocycles. The summed E-state index contributed by atoms with van der Waals surface area (Å²) in [6, 6.07) is -0.146. The summed E-state index contributed by atoms with van der Waals surface area (Å²) >= 11 is 1.42. The van der Waals surface area contributed by atoms with E-state index in [0.717, 1.165) is 30.1 Å². The molecule has 2 amide bonds. The van der Waals surface area contributed by atoms with Crippen molar-refractivity contribution in [2.24, 2.45) is 0 Å². The lowest BCUT2D eigenvalue weighted by atomic mass is 10.1. The molecule has 1 aliphatic rings. The molecule has 1 fully saturated rings. The van der Waals surface area contributed by atoms with Crippen LogP contribution in [-0.2, 0) is 4.74 Å². The number of urea groups is 1. The van der Waals surface area contributed by atoms with E-state index in [1.54, 1.807) is 11.8 Å². The van der Waals surface area contributed by atoms with Gasteiger partial charge in [-0.25, -0.2) is 9.59 Å². The Kier molecular flexibility index (Phi) is 6.01. The Morgan fingerprint density at radius 1 is 1.17 bits per heavy atom. The van der Waals surface area contributed by atoms with Crippen molar-refractivity contribution in [3.63, 3.8) is 0 Å². The molecule has 0 saturated carbocycles. The smallest absolute Gasteiger partial charge is 0.341 e. The molecule has 128 valence electrons. The summed E-state index contributed by atoms with van der Waals surface area (Å²) in [5.74, 6) is -0.375. The summed E-state index contributed by atoms with van der Waals surface area (Å²) in [5.41, 5.74) is 1.36. The minimum absolute atomic E-state index is 0.146. The normalized spacial score (nSPS) is 15.6. The van der Waals surface area contributed by atoms with Crippen LogP contribution in [0, 0.1) is 13.8 Å². The lowest BCUT2D eigenvalue weighted by Crippen LogP contribution is -2.49.